The van der Waals surface area contributed by atoms with Crippen molar-refractivity contribution >= 4 is 0 Å². The highest BCUT2D eigenvalue weighted by Crippen LogP contribution is 2.24. The molecule has 0 aliphatic heterocycles. The van der Waals surface area contributed by atoms with E-state index in [1.807, 2.05) is 6.92 Å². The first-order chi connectivity index (χ1) is 8.29. The molecule has 100 valence electrons. The van der Waals surface area contributed by atoms with Crippen LogP contribution in [0.15, 0.2) is 30.4 Å². The first kappa shape index (κ1) is 14.8. The number of nitrogens with one attached hydrogen (secondary N) is 1. The van der Waals surface area contributed by atoms with Crippen LogP contribution in [0.4, 0.5) is 0 Å². The summed E-state index contributed by atoms with van der Waals surface area (Å²) in [6.07, 6.45) is 0. The molecule has 18 heavy (non-hydrogen) atoms. The van der Waals surface area contributed by atoms with Crippen LogP contribution in [0, 0.1) is 6.92 Å². The van der Waals surface area contributed by atoms with Crippen molar-refractivity contribution in [2.75, 3.05) is 6.61 Å². The van der Waals surface area contributed by atoms with Crippen LogP contribution in [0.1, 0.15) is 38.8 Å². The topological polar surface area (TPSA) is 21.3 Å². The Morgan fingerprint density at radius 2 is 2.00 bits per heavy atom. The molecule has 0 radical (unpaired) electrons. The van der Waals surface area contributed by atoms with E-state index in [9.17, 15) is 0 Å². The minimum Gasteiger partial charge on any atom is -0.489 e. The van der Waals surface area contributed by atoms with Crippen LogP contribution in [0.2, 0.25) is 0 Å². The van der Waals surface area contributed by atoms with Gasteiger partial charge in [-0.25, -0.2) is 0 Å². The van der Waals surface area contributed by atoms with Gasteiger partial charge in [0.1, 0.15) is 12.4 Å². The monoisotopic (exact) mass is 247 g/mol. The summed E-state index contributed by atoms with van der Waals surface area (Å²) in [6, 6.07) is 6.26. The van der Waals surface area contributed by atoms with Gasteiger partial charge in [0.2, 0.25) is 0 Å². The summed E-state index contributed by atoms with van der Waals surface area (Å²) in [5.41, 5.74) is 3.51. The van der Waals surface area contributed by atoms with Gasteiger partial charge >= 0.3 is 0 Å². The van der Waals surface area contributed by atoms with Gasteiger partial charge in [-0.05, 0) is 45.8 Å². The lowest BCUT2D eigenvalue weighted by Crippen LogP contribution is -2.35. The number of hydrogen-bond donors (Lipinski definition) is 1. The fourth-order valence-corrected chi connectivity index (χ4v) is 1.61. The molecule has 1 aromatic rings. The standard InChI is InChI=1S/C16H25NO/c1-12(2)11-18-15-13(3)8-7-9-14(15)10-17-16(4,5)6/h7-9,17H,1,10-11H2,2-6H3. The van der Waals surface area contributed by atoms with E-state index in [1.165, 1.54) is 11.1 Å². The lowest BCUT2D eigenvalue weighted by molar-refractivity contribution is 0.341. The zero-order chi connectivity index (χ0) is 13.8. The fraction of sp³-hybridized carbons (Fsp3) is 0.500. The maximum Gasteiger partial charge on any atom is 0.127 e. The van der Waals surface area contributed by atoms with Gasteiger partial charge in [-0.1, -0.05) is 24.8 Å². The van der Waals surface area contributed by atoms with E-state index in [4.69, 9.17) is 4.74 Å². The Morgan fingerprint density at radius 1 is 1.33 bits per heavy atom. The molecule has 1 rings (SSSR count). The second kappa shape index (κ2) is 6.05. The van der Waals surface area contributed by atoms with Crippen molar-refractivity contribution in [3.8, 4) is 5.75 Å². The molecule has 0 aliphatic rings. The predicted molar refractivity (Wildman–Crippen MR) is 78.1 cm³/mol. The number of para-hydroxylation sites is 1. The Morgan fingerprint density at radius 3 is 2.56 bits per heavy atom. The maximum atomic E-state index is 5.86. The molecule has 0 spiro atoms. The molecule has 0 saturated heterocycles. The summed E-state index contributed by atoms with van der Waals surface area (Å²) in [7, 11) is 0. The first-order valence-corrected chi connectivity index (χ1v) is 6.40. The molecule has 0 aliphatic carbocycles. The van der Waals surface area contributed by atoms with E-state index < -0.39 is 0 Å². The van der Waals surface area contributed by atoms with Gasteiger partial charge in [-0.15, -0.1) is 0 Å². The average molecular weight is 247 g/mol. The Labute approximate surface area is 111 Å². The predicted octanol–water partition coefficient (Wildman–Crippen LogP) is 3.84. The van der Waals surface area contributed by atoms with Crippen molar-refractivity contribution in [1.82, 2.24) is 5.32 Å². The molecule has 0 bridgehead atoms. The zero-order valence-corrected chi connectivity index (χ0v) is 12.3. The minimum absolute atomic E-state index is 0.107. The van der Waals surface area contributed by atoms with Crippen LogP contribution in [-0.2, 0) is 6.54 Å². The molecular formula is C16H25NO. The Hall–Kier alpha value is -1.28. The van der Waals surface area contributed by atoms with E-state index in [-0.39, 0.29) is 5.54 Å². The van der Waals surface area contributed by atoms with Gasteiger partial charge in [-0.3, -0.25) is 0 Å². The quantitative estimate of drug-likeness (QED) is 0.798. The Balaban J connectivity index is 2.83. The van der Waals surface area contributed by atoms with E-state index >= 15 is 0 Å². The number of aryl methyl sites for hydroxylation is 1. The smallest absolute Gasteiger partial charge is 0.127 e. The summed E-state index contributed by atoms with van der Waals surface area (Å²) >= 11 is 0. The number of ether oxygens (including phenoxy) is 1. The van der Waals surface area contributed by atoms with Crippen LogP contribution >= 0.6 is 0 Å². The van der Waals surface area contributed by atoms with Gasteiger partial charge in [0.15, 0.2) is 0 Å². The molecule has 1 aromatic carbocycles. The number of benzene rings is 1. The third kappa shape index (κ3) is 4.92. The third-order valence-corrected chi connectivity index (χ3v) is 2.57. The summed E-state index contributed by atoms with van der Waals surface area (Å²) in [5.74, 6) is 0.984. The fourth-order valence-electron chi connectivity index (χ4n) is 1.61. The molecule has 0 fully saturated rings. The van der Waals surface area contributed by atoms with E-state index in [1.54, 1.807) is 0 Å². The Bertz CT molecular complexity index is 416. The molecule has 0 aromatic heterocycles. The van der Waals surface area contributed by atoms with Gasteiger partial charge in [-0.2, -0.15) is 0 Å². The van der Waals surface area contributed by atoms with Gasteiger partial charge < -0.3 is 10.1 Å². The van der Waals surface area contributed by atoms with Crippen LogP contribution in [0.3, 0.4) is 0 Å². The summed E-state index contributed by atoms with van der Waals surface area (Å²) < 4.78 is 5.86. The van der Waals surface area contributed by atoms with Crippen molar-refractivity contribution < 1.29 is 4.74 Å². The molecule has 0 amide bonds. The molecule has 0 saturated carbocycles. The van der Waals surface area contributed by atoms with Crippen LogP contribution < -0.4 is 10.1 Å². The molecule has 0 unspecified atom stereocenters. The molecule has 2 heteroatoms. The molecule has 0 atom stereocenters. The van der Waals surface area contributed by atoms with E-state index in [0.29, 0.717) is 6.61 Å². The molecule has 2 nitrogen and oxygen atoms in total. The van der Waals surface area contributed by atoms with Gasteiger partial charge in [0.25, 0.3) is 0 Å². The highest BCUT2D eigenvalue weighted by atomic mass is 16.5. The van der Waals surface area contributed by atoms with Crippen LogP contribution in [0.25, 0.3) is 0 Å². The number of rotatable bonds is 5. The average Bonchev–Trinajstić information content (AvgIpc) is 2.23. The Kier molecular flexibility index (Phi) is 4.97. The van der Waals surface area contributed by atoms with Gasteiger partial charge in [0, 0.05) is 17.6 Å². The summed E-state index contributed by atoms with van der Waals surface area (Å²) in [4.78, 5) is 0. The van der Waals surface area contributed by atoms with Gasteiger partial charge in [0.05, 0.1) is 0 Å². The van der Waals surface area contributed by atoms with Crippen LogP contribution in [0.5, 0.6) is 5.75 Å². The molecular weight excluding hydrogens is 222 g/mol. The van der Waals surface area contributed by atoms with Crippen LogP contribution in [-0.4, -0.2) is 12.1 Å². The largest absolute Gasteiger partial charge is 0.489 e. The first-order valence-electron chi connectivity index (χ1n) is 6.40. The lowest BCUT2D eigenvalue weighted by Gasteiger charge is -2.22. The minimum atomic E-state index is 0.107. The van der Waals surface area contributed by atoms with Crippen molar-refractivity contribution in [1.29, 1.82) is 0 Å². The SMILES string of the molecule is C=C(C)COc1c(C)cccc1CNC(C)(C)C. The summed E-state index contributed by atoms with van der Waals surface area (Å²) in [6.45, 7) is 15.8. The zero-order valence-electron chi connectivity index (χ0n) is 12.3. The van der Waals surface area contributed by atoms with Crippen molar-refractivity contribution in [3.63, 3.8) is 0 Å². The highest BCUT2D eigenvalue weighted by Gasteiger charge is 2.12. The van der Waals surface area contributed by atoms with Crippen molar-refractivity contribution in [2.24, 2.45) is 0 Å². The highest BCUT2D eigenvalue weighted by molar-refractivity contribution is 5.41. The van der Waals surface area contributed by atoms with E-state index in [0.717, 1.165) is 17.9 Å². The number of hydrogen-bond acceptors (Lipinski definition) is 2. The van der Waals surface area contributed by atoms with E-state index in [2.05, 4.69) is 57.8 Å². The van der Waals surface area contributed by atoms with Crippen molar-refractivity contribution in [3.05, 3.63) is 41.5 Å². The maximum absolute atomic E-state index is 5.86. The molecule has 1 N–H and O–H groups in total. The van der Waals surface area contributed by atoms with Crippen molar-refractivity contribution in [2.45, 2.75) is 46.7 Å². The molecule has 0 heterocycles. The lowest BCUT2D eigenvalue weighted by atomic mass is 10.1. The third-order valence-electron chi connectivity index (χ3n) is 2.57. The summed E-state index contributed by atoms with van der Waals surface area (Å²) in [5, 5.41) is 3.49. The second-order valence-electron chi connectivity index (χ2n) is 5.91. The normalized spacial score (nSPS) is 11.4. The second-order valence-corrected chi connectivity index (χ2v) is 5.91.